The van der Waals surface area contributed by atoms with Crippen LogP contribution in [0, 0.1) is 0 Å². The zero-order chi connectivity index (χ0) is 23.9. The van der Waals surface area contributed by atoms with Crippen molar-refractivity contribution in [2.45, 2.75) is 25.7 Å². The minimum Gasteiger partial charge on any atom is -0.355 e. The van der Waals surface area contributed by atoms with Gasteiger partial charge in [-0.3, -0.25) is 9.59 Å². The number of hydrogen-bond acceptors (Lipinski definition) is 9. The highest BCUT2D eigenvalue weighted by Gasteiger charge is 2.12. The lowest BCUT2D eigenvalue weighted by atomic mass is 10.2. The third-order valence-corrected chi connectivity index (χ3v) is 4.69. The molecule has 0 aliphatic carbocycles. The van der Waals surface area contributed by atoms with E-state index in [0.717, 1.165) is 39.0 Å². The summed E-state index contributed by atoms with van der Waals surface area (Å²) < 4.78 is 0. The van der Waals surface area contributed by atoms with E-state index in [2.05, 4.69) is 32.5 Å². The Morgan fingerprint density at radius 1 is 0.781 bits per heavy atom. The van der Waals surface area contributed by atoms with Gasteiger partial charge in [-0.15, -0.1) is 6.58 Å². The number of rotatable bonds is 23. The molecule has 0 bridgehead atoms. The van der Waals surface area contributed by atoms with Gasteiger partial charge in [0.05, 0.1) is 6.61 Å². The van der Waals surface area contributed by atoms with Crippen LogP contribution in [0.3, 0.4) is 0 Å². The molecule has 0 aromatic rings. The predicted octanol–water partition coefficient (Wildman–Crippen LogP) is -2.03. The van der Waals surface area contributed by atoms with E-state index in [1.165, 1.54) is 0 Å². The number of nitrogens with two attached hydrogens (primary N) is 3. The Kier molecular flexibility index (Phi) is 21.5. The lowest BCUT2D eigenvalue weighted by molar-refractivity contribution is -0.122. The van der Waals surface area contributed by atoms with Crippen LogP contribution in [0.25, 0.3) is 0 Å². The molecule has 0 aliphatic heterocycles. The van der Waals surface area contributed by atoms with Crippen LogP contribution in [0.5, 0.6) is 0 Å². The average molecular weight is 459 g/mol. The molecule has 188 valence electrons. The van der Waals surface area contributed by atoms with Gasteiger partial charge in [-0.1, -0.05) is 6.08 Å². The first-order chi connectivity index (χ1) is 15.6. The van der Waals surface area contributed by atoms with Gasteiger partial charge in [-0.05, 0) is 12.8 Å². The Bertz CT molecular complexity index is 482. The van der Waals surface area contributed by atoms with Crippen molar-refractivity contribution in [3.63, 3.8) is 0 Å². The number of carbonyl (C=O) groups excluding carboxylic acids is 2. The standard InChI is InChI=1S/C21H46N8O3/c1-2-3-13-28(15-5-20(30)25-10-7-22)17-18-29(14-4-19-32-27-12-9-24)16-6-21(31)26-11-8-23/h2,27H,1,3-19,22-24H2,(H,25,30)(H,26,31). The van der Waals surface area contributed by atoms with Crippen molar-refractivity contribution in [1.82, 2.24) is 25.9 Å². The Morgan fingerprint density at radius 2 is 1.31 bits per heavy atom. The Labute approximate surface area is 193 Å². The molecule has 0 spiro atoms. The molecular weight excluding hydrogens is 412 g/mol. The van der Waals surface area contributed by atoms with Crippen molar-refractivity contribution >= 4 is 11.8 Å². The maximum Gasteiger partial charge on any atom is 0.221 e. The Hall–Kier alpha value is -1.60. The number of nitrogens with one attached hydrogen (secondary N) is 3. The van der Waals surface area contributed by atoms with Crippen molar-refractivity contribution in [3.8, 4) is 0 Å². The first-order valence-corrected chi connectivity index (χ1v) is 11.6. The molecule has 0 aromatic carbocycles. The van der Waals surface area contributed by atoms with E-state index in [1.54, 1.807) is 0 Å². The summed E-state index contributed by atoms with van der Waals surface area (Å²) in [4.78, 5) is 33.8. The van der Waals surface area contributed by atoms with E-state index < -0.39 is 0 Å². The highest BCUT2D eigenvalue weighted by molar-refractivity contribution is 5.76. The normalized spacial score (nSPS) is 11.2. The van der Waals surface area contributed by atoms with E-state index in [0.29, 0.717) is 71.8 Å². The first-order valence-electron chi connectivity index (χ1n) is 11.6. The lowest BCUT2D eigenvalue weighted by Crippen LogP contribution is -2.40. The molecule has 0 atom stereocenters. The second-order valence-electron chi connectivity index (χ2n) is 7.42. The highest BCUT2D eigenvalue weighted by atomic mass is 16.6. The van der Waals surface area contributed by atoms with Gasteiger partial charge in [0.2, 0.25) is 11.8 Å². The Morgan fingerprint density at radius 3 is 1.81 bits per heavy atom. The lowest BCUT2D eigenvalue weighted by Gasteiger charge is -2.27. The van der Waals surface area contributed by atoms with Crippen molar-refractivity contribution < 1.29 is 14.4 Å². The molecule has 9 N–H and O–H groups in total. The molecule has 0 saturated heterocycles. The fourth-order valence-corrected chi connectivity index (χ4v) is 2.91. The van der Waals surface area contributed by atoms with Gasteiger partial charge in [-0.25, -0.2) is 5.48 Å². The number of nitrogens with zero attached hydrogens (tertiary/aromatic N) is 2. The van der Waals surface area contributed by atoms with E-state index in [1.807, 2.05) is 6.08 Å². The van der Waals surface area contributed by atoms with Crippen molar-refractivity contribution in [1.29, 1.82) is 0 Å². The molecule has 0 radical (unpaired) electrons. The molecular formula is C21H46N8O3. The smallest absolute Gasteiger partial charge is 0.221 e. The first kappa shape index (κ1) is 30.4. The molecule has 32 heavy (non-hydrogen) atoms. The van der Waals surface area contributed by atoms with Crippen molar-refractivity contribution in [2.24, 2.45) is 17.2 Å². The van der Waals surface area contributed by atoms with Crippen LogP contribution in [0.1, 0.15) is 25.7 Å². The summed E-state index contributed by atoms with van der Waals surface area (Å²) >= 11 is 0. The fraction of sp³-hybridized carbons (Fsp3) is 0.810. The van der Waals surface area contributed by atoms with E-state index >= 15 is 0 Å². The number of hydrogen-bond donors (Lipinski definition) is 6. The molecule has 11 nitrogen and oxygen atoms in total. The number of amides is 2. The molecule has 0 saturated carbocycles. The zero-order valence-corrected chi connectivity index (χ0v) is 19.7. The second kappa shape index (κ2) is 22.6. The van der Waals surface area contributed by atoms with Crippen LogP contribution in [0.2, 0.25) is 0 Å². The van der Waals surface area contributed by atoms with Gasteiger partial charge in [0, 0.05) is 91.4 Å². The highest BCUT2D eigenvalue weighted by Crippen LogP contribution is 2.01. The molecule has 0 heterocycles. The number of carbonyl (C=O) groups is 2. The molecule has 0 unspecified atom stereocenters. The molecule has 0 aromatic heterocycles. The van der Waals surface area contributed by atoms with Gasteiger partial charge in [0.15, 0.2) is 0 Å². The molecule has 0 rings (SSSR count). The summed E-state index contributed by atoms with van der Waals surface area (Å²) in [5.74, 6) is 0.0102. The summed E-state index contributed by atoms with van der Waals surface area (Å²) in [6, 6.07) is 0. The van der Waals surface area contributed by atoms with Gasteiger partial charge in [-0.2, -0.15) is 0 Å². The monoisotopic (exact) mass is 458 g/mol. The zero-order valence-electron chi connectivity index (χ0n) is 19.7. The summed E-state index contributed by atoms with van der Waals surface area (Å²) in [5.41, 5.74) is 19.1. The van der Waals surface area contributed by atoms with Crippen LogP contribution in [0.4, 0.5) is 0 Å². The van der Waals surface area contributed by atoms with Gasteiger partial charge >= 0.3 is 0 Å². The van der Waals surface area contributed by atoms with Crippen LogP contribution >= 0.6 is 0 Å². The molecule has 0 aliphatic rings. The quantitative estimate of drug-likeness (QED) is 0.0575. The SMILES string of the molecule is C=CCCN(CCC(=O)NCCN)CCN(CCCONCCN)CCC(=O)NCCN. The summed E-state index contributed by atoms with van der Waals surface area (Å²) in [6.07, 6.45) is 4.41. The minimum atomic E-state index is 0.00130. The number of hydroxylamine groups is 1. The van der Waals surface area contributed by atoms with Crippen LogP contribution < -0.4 is 33.3 Å². The van der Waals surface area contributed by atoms with Gasteiger partial charge < -0.3 is 42.5 Å². The third-order valence-electron chi connectivity index (χ3n) is 4.69. The van der Waals surface area contributed by atoms with Crippen molar-refractivity contribution in [2.75, 3.05) is 85.1 Å². The van der Waals surface area contributed by atoms with E-state index in [9.17, 15) is 9.59 Å². The summed E-state index contributed by atoms with van der Waals surface area (Å²) in [5, 5.41) is 5.61. The Balaban J connectivity index is 4.60. The fourth-order valence-electron chi connectivity index (χ4n) is 2.91. The van der Waals surface area contributed by atoms with Gasteiger partial charge in [0.1, 0.15) is 0 Å². The summed E-state index contributed by atoms with van der Waals surface area (Å²) in [6.45, 7) is 11.9. The van der Waals surface area contributed by atoms with E-state index in [4.69, 9.17) is 22.0 Å². The van der Waals surface area contributed by atoms with Crippen LogP contribution in [-0.2, 0) is 14.4 Å². The van der Waals surface area contributed by atoms with Gasteiger partial charge in [0.25, 0.3) is 0 Å². The van der Waals surface area contributed by atoms with Crippen LogP contribution in [-0.4, -0.2) is 107 Å². The molecule has 0 fully saturated rings. The maximum atomic E-state index is 12.0. The molecule has 2 amide bonds. The maximum absolute atomic E-state index is 12.0. The average Bonchev–Trinajstić information content (AvgIpc) is 2.80. The minimum absolute atomic E-state index is 0.00130. The van der Waals surface area contributed by atoms with Crippen molar-refractivity contribution in [3.05, 3.63) is 12.7 Å². The third kappa shape index (κ3) is 19.1. The largest absolute Gasteiger partial charge is 0.355 e. The topological polar surface area (TPSA) is 164 Å². The predicted molar refractivity (Wildman–Crippen MR) is 129 cm³/mol. The molecule has 11 heteroatoms. The van der Waals surface area contributed by atoms with Crippen LogP contribution in [0.15, 0.2) is 12.7 Å². The second-order valence-corrected chi connectivity index (χ2v) is 7.42. The summed E-state index contributed by atoms with van der Waals surface area (Å²) in [7, 11) is 0. The van der Waals surface area contributed by atoms with E-state index in [-0.39, 0.29) is 11.8 Å².